The fourth-order valence-corrected chi connectivity index (χ4v) is 3.28. The van der Waals surface area contributed by atoms with Gasteiger partial charge in [0.1, 0.15) is 17.6 Å². The van der Waals surface area contributed by atoms with Crippen LogP contribution in [0.2, 0.25) is 0 Å². The summed E-state index contributed by atoms with van der Waals surface area (Å²) < 4.78 is 47.2. The van der Waals surface area contributed by atoms with Crippen molar-refractivity contribution in [3.63, 3.8) is 0 Å². The number of aromatic nitrogens is 1. The van der Waals surface area contributed by atoms with Crippen molar-refractivity contribution in [1.29, 1.82) is 5.26 Å². The Balaban J connectivity index is 1.96. The minimum atomic E-state index is -3.02. The van der Waals surface area contributed by atoms with Gasteiger partial charge in [-0.1, -0.05) is 6.07 Å². The Kier molecular flexibility index (Phi) is 5.55. The van der Waals surface area contributed by atoms with Crippen molar-refractivity contribution in [1.82, 2.24) is 4.98 Å². The second-order valence-electron chi connectivity index (χ2n) is 6.69. The third-order valence-electron chi connectivity index (χ3n) is 4.74. The lowest BCUT2D eigenvalue weighted by Gasteiger charge is -2.33. The van der Waals surface area contributed by atoms with E-state index in [1.807, 2.05) is 6.07 Å². The second kappa shape index (κ2) is 7.91. The summed E-state index contributed by atoms with van der Waals surface area (Å²) in [5, 5.41) is 8.89. The number of nitrogens with two attached hydrogens (primary N) is 1. The summed E-state index contributed by atoms with van der Waals surface area (Å²) in [7, 11) is 0. The maximum absolute atomic E-state index is 14.5. The maximum atomic E-state index is 14.5. The highest BCUT2D eigenvalue weighted by molar-refractivity contribution is 5.97. The van der Waals surface area contributed by atoms with Crippen LogP contribution >= 0.6 is 0 Å². The highest BCUT2D eigenvalue weighted by atomic mass is 19.3. The van der Waals surface area contributed by atoms with E-state index in [2.05, 4.69) is 9.98 Å². The quantitative estimate of drug-likeness (QED) is 0.775. The van der Waals surface area contributed by atoms with Crippen LogP contribution in [-0.2, 0) is 16.7 Å². The van der Waals surface area contributed by atoms with E-state index in [0.717, 1.165) is 6.07 Å². The van der Waals surface area contributed by atoms with Gasteiger partial charge in [0.25, 0.3) is 12.4 Å². The summed E-state index contributed by atoms with van der Waals surface area (Å²) in [4.78, 5) is 20.3. The molecule has 1 aromatic carbocycles. The van der Waals surface area contributed by atoms with Crippen LogP contribution in [0.1, 0.15) is 39.2 Å². The smallest absolute Gasteiger partial charge is 0.283 e. The first-order valence-corrected chi connectivity index (χ1v) is 8.72. The normalized spacial score (nSPS) is 18.7. The van der Waals surface area contributed by atoms with E-state index in [0.29, 0.717) is 16.7 Å². The molecule has 9 heteroatoms. The van der Waals surface area contributed by atoms with Crippen LogP contribution in [0.3, 0.4) is 0 Å². The van der Waals surface area contributed by atoms with Gasteiger partial charge in [-0.05, 0) is 36.2 Å². The molecule has 150 valence electrons. The summed E-state index contributed by atoms with van der Waals surface area (Å²) in [5.74, 6) is -1.25. The molecule has 0 spiro atoms. The number of pyridine rings is 1. The first-order chi connectivity index (χ1) is 13.8. The molecule has 1 aliphatic rings. The summed E-state index contributed by atoms with van der Waals surface area (Å²) in [6.45, 7) is 1.51. The predicted molar refractivity (Wildman–Crippen MR) is 98.0 cm³/mol. The molecule has 1 aromatic heterocycles. The number of ketones is 1. The number of carbonyl (C=O) groups excluding carboxylic acids is 1. The van der Waals surface area contributed by atoms with Crippen LogP contribution in [0.15, 0.2) is 35.5 Å². The van der Waals surface area contributed by atoms with Gasteiger partial charge in [-0.3, -0.25) is 9.78 Å². The molecule has 1 atom stereocenters. The Morgan fingerprint density at radius 3 is 2.79 bits per heavy atom. The molecule has 6 nitrogen and oxygen atoms in total. The maximum Gasteiger partial charge on any atom is 0.283 e. The van der Waals surface area contributed by atoms with Gasteiger partial charge in [0.2, 0.25) is 0 Å². The van der Waals surface area contributed by atoms with Gasteiger partial charge in [-0.25, -0.2) is 18.2 Å². The van der Waals surface area contributed by atoms with E-state index >= 15 is 0 Å². The highest BCUT2D eigenvalue weighted by Crippen LogP contribution is 2.40. The number of ether oxygens (including phenoxy) is 1. The monoisotopic (exact) mass is 402 g/mol. The number of rotatable bonds is 5. The van der Waals surface area contributed by atoms with Crippen molar-refractivity contribution >= 4 is 11.8 Å². The van der Waals surface area contributed by atoms with Crippen molar-refractivity contribution in [2.75, 3.05) is 6.61 Å². The molecular formula is C20H17F3N4O2. The van der Waals surface area contributed by atoms with Crippen molar-refractivity contribution in [3.05, 3.63) is 64.2 Å². The number of aryl methyl sites for hydroxylation is 1. The number of amidine groups is 1. The van der Waals surface area contributed by atoms with Crippen LogP contribution < -0.4 is 5.73 Å². The highest BCUT2D eigenvalue weighted by Gasteiger charge is 2.46. The second-order valence-corrected chi connectivity index (χ2v) is 6.69. The molecule has 0 bridgehead atoms. The Bertz CT molecular complexity index is 1030. The van der Waals surface area contributed by atoms with Crippen molar-refractivity contribution in [3.8, 4) is 6.07 Å². The molecule has 0 saturated heterocycles. The zero-order chi connectivity index (χ0) is 21.2. The summed E-state index contributed by atoms with van der Waals surface area (Å²) in [6, 6.07) is 6.61. The number of hydrogen-bond acceptors (Lipinski definition) is 6. The number of carbonyl (C=O) groups is 1. The number of Topliss-reactive ketones (excluding diaryl/α,β-unsaturated/α-hetero) is 1. The fraction of sp³-hybridized carbons (Fsp3) is 0.300. The number of benzene rings is 1. The summed E-state index contributed by atoms with van der Waals surface area (Å²) in [6.07, 6.45) is -2.17. The van der Waals surface area contributed by atoms with Crippen LogP contribution in [0.5, 0.6) is 0 Å². The Morgan fingerprint density at radius 1 is 1.41 bits per heavy atom. The molecule has 0 radical (unpaired) electrons. The number of aliphatic imine (C=N–C) groups is 1. The fourth-order valence-electron chi connectivity index (χ4n) is 3.28. The number of alkyl halides is 2. The standard InChI is InChI=1S/C20H17F3N4O2/c1-11-6-13(9-24)10-26-17(11)16(28)8-12-2-3-15(21)14(7-12)20(18(22)23)4-5-29-19(25)27-20/h2-3,6-7,10,18H,4-5,8H2,1H3,(H2,25,27)/t20-/m0/s1. The van der Waals surface area contributed by atoms with Gasteiger partial charge >= 0.3 is 0 Å². The largest absolute Gasteiger partial charge is 0.465 e. The van der Waals surface area contributed by atoms with E-state index in [-0.39, 0.29) is 36.5 Å². The van der Waals surface area contributed by atoms with Gasteiger partial charge in [0, 0.05) is 24.6 Å². The molecule has 0 saturated carbocycles. The lowest BCUT2D eigenvalue weighted by atomic mass is 9.85. The zero-order valence-electron chi connectivity index (χ0n) is 15.5. The minimum absolute atomic E-state index is 0.128. The van der Waals surface area contributed by atoms with Crippen LogP contribution in [0, 0.1) is 24.1 Å². The molecule has 0 unspecified atom stereocenters. The topological polar surface area (TPSA) is 101 Å². The molecular weight excluding hydrogens is 385 g/mol. The number of nitriles is 1. The van der Waals surface area contributed by atoms with E-state index in [1.165, 1.54) is 24.4 Å². The number of hydrogen-bond donors (Lipinski definition) is 1. The van der Waals surface area contributed by atoms with E-state index in [4.69, 9.17) is 15.7 Å². The summed E-state index contributed by atoms with van der Waals surface area (Å²) >= 11 is 0. The van der Waals surface area contributed by atoms with Gasteiger partial charge in [0.15, 0.2) is 11.3 Å². The van der Waals surface area contributed by atoms with E-state index in [1.54, 1.807) is 6.92 Å². The van der Waals surface area contributed by atoms with Crippen molar-refractivity contribution < 1.29 is 22.7 Å². The van der Waals surface area contributed by atoms with Crippen molar-refractivity contribution in [2.24, 2.45) is 10.7 Å². The van der Waals surface area contributed by atoms with Crippen LogP contribution in [0.4, 0.5) is 13.2 Å². The molecule has 0 amide bonds. The van der Waals surface area contributed by atoms with E-state index < -0.39 is 23.8 Å². The number of nitrogens with zero attached hydrogens (tertiary/aromatic N) is 3. The molecule has 29 heavy (non-hydrogen) atoms. The van der Waals surface area contributed by atoms with Gasteiger partial charge in [-0.2, -0.15) is 5.26 Å². The molecule has 1 aliphatic heterocycles. The van der Waals surface area contributed by atoms with Gasteiger partial charge in [-0.15, -0.1) is 0 Å². The lowest BCUT2D eigenvalue weighted by molar-refractivity contribution is 0.0246. The Hall–Kier alpha value is -3.41. The SMILES string of the molecule is Cc1cc(C#N)cnc1C(=O)Cc1ccc(F)c([C@]2(C(F)F)CCOC(N)=N2)c1. The zero-order valence-corrected chi connectivity index (χ0v) is 15.5. The van der Waals surface area contributed by atoms with Crippen LogP contribution in [-0.4, -0.2) is 29.8 Å². The molecule has 2 heterocycles. The first-order valence-electron chi connectivity index (χ1n) is 8.72. The average Bonchev–Trinajstić information content (AvgIpc) is 2.68. The molecule has 0 aliphatic carbocycles. The minimum Gasteiger partial charge on any atom is -0.465 e. The van der Waals surface area contributed by atoms with E-state index in [9.17, 15) is 18.0 Å². The average molecular weight is 402 g/mol. The van der Waals surface area contributed by atoms with Crippen LogP contribution in [0.25, 0.3) is 0 Å². The van der Waals surface area contributed by atoms with Gasteiger partial charge in [0.05, 0.1) is 12.2 Å². The Labute approximate surface area is 164 Å². The molecule has 0 fully saturated rings. The lowest BCUT2D eigenvalue weighted by Crippen LogP contribution is -2.41. The third kappa shape index (κ3) is 3.92. The van der Waals surface area contributed by atoms with Crippen molar-refractivity contribution in [2.45, 2.75) is 31.7 Å². The summed E-state index contributed by atoms with van der Waals surface area (Å²) in [5.41, 5.74) is 4.27. The van der Waals surface area contributed by atoms with Gasteiger partial charge < -0.3 is 10.5 Å². The molecule has 2 aromatic rings. The first kappa shape index (κ1) is 20.3. The predicted octanol–water partition coefficient (Wildman–Crippen LogP) is 3.02. The number of halogens is 3. The third-order valence-corrected chi connectivity index (χ3v) is 4.74. The molecule has 3 rings (SSSR count). The molecule has 2 N–H and O–H groups in total. The Morgan fingerprint density at radius 2 is 2.17 bits per heavy atom.